The number of furan rings is 1. The van der Waals surface area contributed by atoms with Gasteiger partial charge in [0.1, 0.15) is 22.7 Å². The molecule has 0 unspecified atom stereocenters. The van der Waals surface area contributed by atoms with Gasteiger partial charge in [0.2, 0.25) is 0 Å². The number of para-hydroxylation sites is 2. The van der Waals surface area contributed by atoms with Gasteiger partial charge in [-0.15, -0.1) is 0 Å². The smallest absolute Gasteiger partial charge is 0.137 e. The van der Waals surface area contributed by atoms with Crippen LogP contribution in [0.3, 0.4) is 0 Å². The van der Waals surface area contributed by atoms with E-state index in [1.54, 1.807) is 0 Å². The third kappa shape index (κ3) is 4.13. The first-order valence-corrected chi connectivity index (χ1v) is 19.6. The average Bonchev–Trinajstić information content (AvgIpc) is 3.56. The second kappa shape index (κ2) is 11.0. The summed E-state index contributed by atoms with van der Waals surface area (Å²) < 4.78 is 13.6. The number of hydrogen-bond donors (Lipinski definition) is 0. The molecule has 3 aliphatic heterocycles. The highest BCUT2D eigenvalue weighted by atomic mass is 32.2. The minimum absolute atomic E-state index is 0.849. The van der Waals surface area contributed by atoms with Crippen LogP contribution in [0.1, 0.15) is 25.7 Å². The van der Waals surface area contributed by atoms with E-state index in [9.17, 15) is 0 Å². The van der Waals surface area contributed by atoms with Crippen LogP contribution in [-0.4, -0.2) is 0 Å². The Hall–Kier alpha value is -5.56. The number of ether oxygens (including phenoxy) is 1. The van der Waals surface area contributed by atoms with Crippen LogP contribution in [0.2, 0.25) is 0 Å². The van der Waals surface area contributed by atoms with Gasteiger partial charge in [-0.1, -0.05) is 78.2 Å². The summed E-state index contributed by atoms with van der Waals surface area (Å²) in [5, 5.41) is 4.55. The minimum Gasteiger partial charge on any atom is -0.456 e. The van der Waals surface area contributed by atoms with Crippen LogP contribution in [0.15, 0.2) is 169 Å². The van der Waals surface area contributed by atoms with Crippen molar-refractivity contribution >= 4 is 79.0 Å². The number of rotatable bonds is 2. The molecule has 4 nitrogen and oxygen atoms in total. The van der Waals surface area contributed by atoms with E-state index in [4.69, 9.17) is 9.15 Å². The van der Waals surface area contributed by atoms with Crippen molar-refractivity contribution in [1.82, 2.24) is 0 Å². The molecule has 0 fully saturated rings. The largest absolute Gasteiger partial charge is 0.456 e. The summed E-state index contributed by atoms with van der Waals surface area (Å²) in [5.74, 6) is 1.72. The summed E-state index contributed by atoms with van der Waals surface area (Å²) in [5.41, 5.74) is 11.3. The minimum atomic E-state index is 0.849. The summed E-state index contributed by atoms with van der Waals surface area (Å²) >= 11 is 3.78. The molecule has 0 saturated carbocycles. The summed E-state index contributed by atoms with van der Waals surface area (Å²) in [4.78, 5) is 10.2. The molecule has 1 aromatic heterocycles. The van der Waals surface area contributed by atoms with Crippen LogP contribution in [0.5, 0.6) is 11.5 Å². The molecule has 7 aromatic rings. The summed E-state index contributed by atoms with van der Waals surface area (Å²) in [7, 11) is 0. The van der Waals surface area contributed by atoms with E-state index < -0.39 is 0 Å². The fraction of sp³-hybridized carbons (Fsp3) is 0.0870. The Morgan fingerprint density at radius 1 is 0.558 bits per heavy atom. The van der Waals surface area contributed by atoms with Crippen LogP contribution in [0.25, 0.3) is 43.8 Å². The zero-order valence-corrected chi connectivity index (χ0v) is 29.7. The molecule has 0 bridgehead atoms. The zero-order chi connectivity index (χ0) is 33.9. The monoisotopic (exact) mass is 706 g/mol. The molecule has 6 aromatic carbocycles. The molecule has 0 spiro atoms. The molecular formula is C46H30N2O2S2. The molecule has 248 valence electrons. The molecule has 0 atom stereocenters. The van der Waals surface area contributed by atoms with Crippen molar-refractivity contribution in [2.45, 2.75) is 35.5 Å². The van der Waals surface area contributed by atoms with Crippen molar-refractivity contribution in [3.63, 3.8) is 0 Å². The third-order valence-electron chi connectivity index (χ3n) is 10.9. The lowest BCUT2D eigenvalue weighted by Gasteiger charge is -2.37. The Kier molecular flexibility index (Phi) is 6.13. The number of fused-ring (bicyclic) bond motifs is 8. The van der Waals surface area contributed by atoms with Crippen LogP contribution < -0.4 is 14.5 Å². The Morgan fingerprint density at radius 3 is 2.23 bits per heavy atom. The maximum atomic E-state index is 6.84. The number of nitrogens with zero attached hydrogens (tertiary/aromatic N) is 2. The predicted octanol–water partition coefficient (Wildman–Crippen LogP) is 14.1. The Balaban J connectivity index is 1.01. The molecule has 0 N–H and O–H groups in total. The van der Waals surface area contributed by atoms with Gasteiger partial charge in [0, 0.05) is 76.1 Å². The van der Waals surface area contributed by atoms with Crippen LogP contribution in [0, 0.1) is 0 Å². The molecule has 2 aliphatic carbocycles. The Bertz CT molecular complexity index is 2810. The molecule has 6 heteroatoms. The van der Waals surface area contributed by atoms with E-state index in [0.717, 1.165) is 92.4 Å². The van der Waals surface area contributed by atoms with Gasteiger partial charge in [-0.2, -0.15) is 0 Å². The van der Waals surface area contributed by atoms with Crippen LogP contribution in [0.4, 0.5) is 22.7 Å². The van der Waals surface area contributed by atoms with E-state index in [0.29, 0.717) is 0 Å². The molecule has 0 saturated heterocycles. The maximum absolute atomic E-state index is 6.84. The third-order valence-corrected chi connectivity index (χ3v) is 13.3. The van der Waals surface area contributed by atoms with E-state index in [1.807, 2.05) is 23.5 Å². The van der Waals surface area contributed by atoms with Gasteiger partial charge in [-0.25, -0.2) is 0 Å². The van der Waals surface area contributed by atoms with Gasteiger partial charge < -0.3 is 19.0 Å². The summed E-state index contributed by atoms with van der Waals surface area (Å²) in [6, 6.07) is 39.3. The van der Waals surface area contributed by atoms with Crippen molar-refractivity contribution in [3.8, 4) is 22.6 Å². The average molecular weight is 707 g/mol. The van der Waals surface area contributed by atoms with Crippen molar-refractivity contribution < 1.29 is 9.15 Å². The van der Waals surface area contributed by atoms with E-state index >= 15 is 0 Å². The first kappa shape index (κ1) is 29.1. The second-order valence-corrected chi connectivity index (χ2v) is 16.1. The number of allylic oxidation sites excluding steroid dienone is 6. The highest BCUT2D eigenvalue weighted by Crippen LogP contribution is 2.55. The summed E-state index contributed by atoms with van der Waals surface area (Å²) in [6.07, 6.45) is 13.5. The molecule has 4 heterocycles. The molecular weight excluding hydrogens is 677 g/mol. The number of anilines is 4. The maximum Gasteiger partial charge on any atom is 0.137 e. The first-order valence-electron chi connectivity index (χ1n) is 17.9. The quantitative estimate of drug-likeness (QED) is 0.178. The molecule has 5 aliphatic rings. The normalized spacial score (nSPS) is 16.9. The zero-order valence-electron chi connectivity index (χ0n) is 28.1. The van der Waals surface area contributed by atoms with E-state index in [-0.39, 0.29) is 0 Å². The van der Waals surface area contributed by atoms with Gasteiger partial charge in [-0.3, -0.25) is 0 Å². The van der Waals surface area contributed by atoms with E-state index in [2.05, 4.69) is 143 Å². The molecule has 0 radical (unpaired) electrons. The van der Waals surface area contributed by atoms with E-state index in [1.165, 1.54) is 42.4 Å². The highest BCUT2D eigenvalue weighted by Gasteiger charge is 2.31. The molecule has 12 rings (SSSR count). The van der Waals surface area contributed by atoms with Gasteiger partial charge in [0.05, 0.1) is 17.1 Å². The first-order chi connectivity index (χ1) is 25.8. The standard InChI is InChI=1S/C46H30N2O2S2/c1-5-16-41-33(11-1)47(34-12-2-6-17-42(34)51-41)27-20-22-29-32-26-40-45(31-10-9-15-37(46(31)32)49-38(29)24-27)30-23-21-28(25-39(30)50-40)48-35-13-3-7-18-43(35)52-44-19-8-4-14-36(44)48/h1-3,5-6,8-13,15-17,19-26H,4,7,14,18H2. The predicted molar refractivity (Wildman–Crippen MR) is 216 cm³/mol. The number of benzene rings is 6. The summed E-state index contributed by atoms with van der Waals surface area (Å²) in [6.45, 7) is 0. The van der Waals surface area contributed by atoms with Gasteiger partial charge in [0.25, 0.3) is 0 Å². The topological polar surface area (TPSA) is 28.9 Å². The van der Waals surface area contributed by atoms with Crippen molar-refractivity contribution in [2.24, 2.45) is 0 Å². The molecule has 52 heavy (non-hydrogen) atoms. The van der Waals surface area contributed by atoms with Crippen molar-refractivity contribution in [1.29, 1.82) is 0 Å². The van der Waals surface area contributed by atoms with Gasteiger partial charge >= 0.3 is 0 Å². The fourth-order valence-corrected chi connectivity index (χ4v) is 10.9. The van der Waals surface area contributed by atoms with Crippen molar-refractivity contribution in [3.05, 3.63) is 155 Å². The van der Waals surface area contributed by atoms with Gasteiger partial charge in [-0.05, 0) is 97.8 Å². The van der Waals surface area contributed by atoms with Crippen molar-refractivity contribution in [2.75, 3.05) is 9.80 Å². The Morgan fingerprint density at radius 2 is 1.35 bits per heavy atom. The van der Waals surface area contributed by atoms with Gasteiger partial charge in [0.15, 0.2) is 0 Å². The SMILES string of the molecule is C1=CC2=C(CC1)SC1=C(CCC=C1)N2c1ccc2c(c1)oc1cc3c4c(cccc4c12)Oc1cc(N2c4ccccc4Sc4ccccc42)ccc1-3. The Labute approximate surface area is 309 Å². The lowest BCUT2D eigenvalue weighted by molar-refractivity contribution is 0.487. The lowest BCUT2D eigenvalue weighted by atomic mass is 9.92. The number of hydrogen-bond acceptors (Lipinski definition) is 6. The van der Waals surface area contributed by atoms with Crippen LogP contribution in [-0.2, 0) is 0 Å². The fourth-order valence-electron chi connectivity index (χ4n) is 8.65. The lowest BCUT2D eigenvalue weighted by Crippen LogP contribution is -2.27. The second-order valence-electron chi connectivity index (χ2n) is 13.9. The number of thioether (sulfide) groups is 1. The highest BCUT2D eigenvalue weighted by molar-refractivity contribution is 8.07. The molecule has 0 amide bonds. The van der Waals surface area contributed by atoms with Crippen LogP contribution >= 0.6 is 23.5 Å².